The fraction of sp³-hybridized carbons (Fsp3) is 1.00. The summed E-state index contributed by atoms with van der Waals surface area (Å²) in [6, 6.07) is 0.731. The van der Waals surface area contributed by atoms with Gasteiger partial charge in [0.2, 0.25) is 0 Å². The lowest BCUT2D eigenvalue weighted by atomic mass is 9.82. The molecule has 1 atom stereocenters. The largest absolute Gasteiger partial charge is 0.330 e. The van der Waals surface area contributed by atoms with Crippen LogP contribution in [-0.4, -0.2) is 30.6 Å². The van der Waals surface area contributed by atoms with Crippen molar-refractivity contribution < 1.29 is 0 Å². The molecule has 0 amide bonds. The van der Waals surface area contributed by atoms with Gasteiger partial charge in [0.1, 0.15) is 0 Å². The SMILES string of the molecule is CC(CCCN)N1CCC(C)(C)CC1. The Bertz CT molecular complexity index is 156. The third-order valence-electron chi connectivity index (χ3n) is 3.60. The van der Waals surface area contributed by atoms with Crippen molar-refractivity contribution in [2.45, 2.75) is 52.5 Å². The summed E-state index contributed by atoms with van der Waals surface area (Å²) in [5.74, 6) is 0. The van der Waals surface area contributed by atoms with E-state index in [2.05, 4.69) is 25.7 Å². The van der Waals surface area contributed by atoms with Gasteiger partial charge in [-0.05, 0) is 57.7 Å². The van der Waals surface area contributed by atoms with Gasteiger partial charge in [0.25, 0.3) is 0 Å². The van der Waals surface area contributed by atoms with Crippen LogP contribution in [0.5, 0.6) is 0 Å². The third kappa shape index (κ3) is 3.58. The Kier molecular flexibility index (Phi) is 4.39. The van der Waals surface area contributed by atoms with Gasteiger partial charge >= 0.3 is 0 Å². The summed E-state index contributed by atoms with van der Waals surface area (Å²) in [7, 11) is 0. The first kappa shape index (κ1) is 12.0. The number of likely N-dealkylation sites (tertiary alicyclic amines) is 1. The predicted molar refractivity (Wildman–Crippen MR) is 62.3 cm³/mol. The van der Waals surface area contributed by atoms with Crippen LogP contribution in [0.2, 0.25) is 0 Å². The van der Waals surface area contributed by atoms with Crippen molar-refractivity contribution in [3.8, 4) is 0 Å². The van der Waals surface area contributed by atoms with E-state index >= 15 is 0 Å². The zero-order chi connectivity index (χ0) is 10.6. The van der Waals surface area contributed by atoms with Gasteiger partial charge in [0.05, 0.1) is 0 Å². The number of nitrogens with zero attached hydrogens (tertiary/aromatic N) is 1. The van der Waals surface area contributed by atoms with Crippen molar-refractivity contribution in [2.75, 3.05) is 19.6 Å². The molecule has 2 nitrogen and oxygen atoms in total. The van der Waals surface area contributed by atoms with Gasteiger partial charge < -0.3 is 10.6 Å². The quantitative estimate of drug-likeness (QED) is 0.750. The first-order valence-corrected chi connectivity index (χ1v) is 5.99. The molecule has 0 aliphatic carbocycles. The average Bonchev–Trinajstić information content (AvgIpc) is 2.14. The Morgan fingerprint density at radius 3 is 2.36 bits per heavy atom. The Morgan fingerprint density at radius 1 is 1.29 bits per heavy atom. The highest BCUT2D eigenvalue weighted by atomic mass is 15.2. The minimum absolute atomic E-state index is 0.573. The highest BCUT2D eigenvalue weighted by Crippen LogP contribution is 2.30. The van der Waals surface area contributed by atoms with Crippen LogP contribution >= 0.6 is 0 Å². The summed E-state index contributed by atoms with van der Waals surface area (Å²) in [4.78, 5) is 2.63. The Balaban J connectivity index is 2.27. The van der Waals surface area contributed by atoms with Crippen LogP contribution < -0.4 is 5.73 Å². The molecule has 2 N–H and O–H groups in total. The van der Waals surface area contributed by atoms with Gasteiger partial charge in [-0.25, -0.2) is 0 Å². The van der Waals surface area contributed by atoms with Crippen LogP contribution in [0.1, 0.15) is 46.5 Å². The zero-order valence-electron chi connectivity index (χ0n) is 10.1. The van der Waals surface area contributed by atoms with Crippen LogP contribution in [0.25, 0.3) is 0 Å². The van der Waals surface area contributed by atoms with Gasteiger partial charge in [-0.2, -0.15) is 0 Å². The van der Waals surface area contributed by atoms with E-state index in [0.717, 1.165) is 12.6 Å². The minimum atomic E-state index is 0.573. The zero-order valence-corrected chi connectivity index (χ0v) is 10.1. The number of rotatable bonds is 4. The van der Waals surface area contributed by atoms with Crippen molar-refractivity contribution in [1.29, 1.82) is 0 Å². The van der Waals surface area contributed by atoms with E-state index in [1.165, 1.54) is 38.8 Å². The molecule has 1 aliphatic heterocycles. The average molecular weight is 198 g/mol. The second-order valence-electron chi connectivity index (χ2n) is 5.48. The summed E-state index contributed by atoms with van der Waals surface area (Å²) in [6.45, 7) is 10.5. The Hall–Kier alpha value is -0.0800. The standard InChI is InChI=1S/C12H26N2/c1-11(5-4-8-13)14-9-6-12(2,3)7-10-14/h11H,4-10,13H2,1-3H3. The fourth-order valence-electron chi connectivity index (χ4n) is 2.17. The van der Waals surface area contributed by atoms with E-state index in [9.17, 15) is 0 Å². The van der Waals surface area contributed by atoms with E-state index in [1.807, 2.05) is 0 Å². The summed E-state index contributed by atoms with van der Waals surface area (Å²) in [5.41, 5.74) is 6.10. The molecule has 0 aromatic rings. The monoisotopic (exact) mass is 198 g/mol. The Labute approximate surface area is 88.8 Å². The van der Waals surface area contributed by atoms with E-state index in [0.29, 0.717) is 5.41 Å². The van der Waals surface area contributed by atoms with Crippen molar-refractivity contribution in [3.63, 3.8) is 0 Å². The van der Waals surface area contributed by atoms with Crippen molar-refractivity contribution in [1.82, 2.24) is 4.90 Å². The normalized spacial score (nSPS) is 24.9. The number of hydrogen-bond acceptors (Lipinski definition) is 2. The third-order valence-corrected chi connectivity index (χ3v) is 3.60. The molecule has 14 heavy (non-hydrogen) atoms. The van der Waals surface area contributed by atoms with E-state index < -0.39 is 0 Å². The molecule has 0 bridgehead atoms. The second kappa shape index (κ2) is 5.13. The molecule has 1 fully saturated rings. The molecule has 0 aromatic carbocycles. The predicted octanol–water partition coefficient (Wildman–Crippen LogP) is 2.24. The fourth-order valence-corrected chi connectivity index (χ4v) is 2.17. The topological polar surface area (TPSA) is 29.3 Å². The molecule has 0 aromatic heterocycles. The van der Waals surface area contributed by atoms with Crippen LogP contribution in [0.4, 0.5) is 0 Å². The van der Waals surface area contributed by atoms with Crippen LogP contribution in [0.3, 0.4) is 0 Å². The van der Waals surface area contributed by atoms with Gasteiger partial charge in [0.15, 0.2) is 0 Å². The first-order chi connectivity index (χ1) is 6.55. The smallest absolute Gasteiger partial charge is 0.00674 e. The lowest BCUT2D eigenvalue weighted by Gasteiger charge is -2.40. The molecule has 2 heteroatoms. The molecule has 84 valence electrons. The molecule has 1 heterocycles. The second-order valence-corrected chi connectivity index (χ2v) is 5.48. The molecule has 1 saturated heterocycles. The van der Waals surface area contributed by atoms with Crippen LogP contribution in [0.15, 0.2) is 0 Å². The molecule has 1 rings (SSSR count). The summed E-state index contributed by atoms with van der Waals surface area (Å²) < 4.78 is 0. The number of nitrogens with two attached hydrogens (primary N) is 1. The Morgan fingerprint density at radius 2 is 1.86 bits per heavy atom. The van der Waals surface area contributed by atoms with Crippen LogP contribution in [0, 0.1) is 5.41 Å². The molecule has 1 aliphatic rings. The first-order valence-electron chi connectivity index (χ1n) is 5.99. The maximum Gasteiger partial charge on any atom is 0.00674 e. The van der Waals surface area contributed by atoms with Gasteiger partial charge in [-0.15, -0.1) is 0 Å². The molecular weight excluding hydrogens is 172 g/mol. The highest BCUT2D eigenvalue weighted by molar-refractivity contribution is 4.81. The molecule has 1 unspecified atom stereocenters. The van der Waals surface area contributed by atoms with E-state index in [4.69, 9.17) is 5.73 Å². The lowest BCUT2D eigenvalue weighted by molar-refractivity contribution is 0.0962. The van der Waals surface area contributed by atoms with Crippen LogP contribution in [-0.2, 0) is 0 Å². The maximum atomic E-state index is 5.53. The summed E-state index contributed by atoms with van der Waals surface area (Å²) in [6.07, 6.45) is 5.12. The van der Waals surface area contributed by atoms with Gasteiger partial charge in [0, 0.05) is 6.04 Å². The summed E-state index contributed by atoms with van der Waals surface area (Å²) >= 11 is 0. The molecule has 0 saturated carbocycles. The van der Waals surface area contributed by atoms with Crippen molar-refractivity contribution >= 4 is 0 Å². The molecule has 0 radical (unpaired) electrons. The van der Waals surface area contributed by atoms with Gasteiger partial charge in [-0.3, -0.25) is 0 Å². The minimum Gasteiger partial charge on any atom is -0.330 e. The van der Waals surface area contributed by atoms with Crippen molar-refractivity contribution in [2.24, 2.45) is 11.1 Å². The van der Waals surface area contributed by atoms with Crippen molar-refractivity contribution in [3.05, 3.63) is 0 Å². The van der Waals surface area contributed by atoms with E-state index in [-0.39, 0.29) is 0 Å². The van der Waals surface area contributed by atoms with Gasteiger partial charge in [-0.1, -0.05) is 13.8 Å². The number of piperidine rings is 1. The molecule has 0 spiro atoms. The number of hydrogen-bond donors (Lipinski definition) is 1. The molecular formula is C12H26N2. The van der Waals surface area contributed by atoms with E-state index in [1.54, 1.807) is 0 Å². The highest BCUT2D eigenvalue weighted by Gasteiger charge is 2.27. The maximum absolute atomic E-state index is 5.53. The summed E-state index contributed by atoms with van der Waals surface area (Å²) in [5, 5.41) is 0. The lowest BCUT2D eigenvalue weighted by Crippen LogP contribution is -2.42.